The number of para-hydroxylation sites is 1. The molecule has 4 rings (SSSR count). The van der Waals surface area contributed by atoms with Crippen molar-refractivity contribution in [1.82, 2.24) is 19.6 Å². The molecule has 2 aliphatic heterocycles. The van der Waals surface area contributed by atoms with E-state index in [0.29, 0.717) is 55.2 Å². The maximum atomic E-state index is 13.5. The van der Waals surface area contributed by atoms with Gasteiger partial charge in [-0.25, -0.2) is 4.79 Å². The van der Waals surface area contributed by atoms with Gasteiger partial charge in [0.25, 0.3) is 5.91 Å². The number of carbonyl (C=O) groups is 4. The molecule has 0 atom stereocenters. The summed E-state index contributed by atoms with van der Waals surface area (Å²) in [6.07, 6.45) is 3.94. The molecule has 5 amide bonds. The maximum Gasteiger partial charge on any atom is 0.322 e. The molecular weight excluding hydrogens is 558 g/mol. The number of likely N-dealkylation sites (N-methyl/N-ethyl adjacent to an activating group) is 1. The monoisotopic (exact) mass is 595 g/mol. The molecule has 11 heteroatoms. The Kier molecular flexibility index (Phi) is 10.1. The number of hydrogen-bond donors (Lipinski definition) is 1. The molecule has 0 saturated carbocycles. The Balaban J connectivity index is 1.45. The van der Waals surface area contributed by atoms with Crippen molar-refractivity contribution in [3.05, 3.63) is 64.8 Å². The van der Waals surface area contributed by atoms with Crippen LogP contribution in [0.15, 0.2) is 48.7 Å². The standard InChI is InChI=1S/C31H38ClN5O5/c1-21(2)34(3)30(40)26(25-17-23(32)9-10-28(25)42-4)18-35(20-38)19-29(39)36-14-12-24(13-15-36)37-16-11-22-7-5-6-8-27(22)33-31(37)41/h5-10,17-18,20-21,24H,11-16,19H2,1-4H3,(H,33,41)/b26-18-. The van der Waals surface area contributed by atoms with Crippen molar-refractivity contribution in [3.63, 3.8) is 0 Å². The van der Waals surface area contributed by atoms with Gasteiger partial charge in [0, 0.05) is 61.2 Å². The zero-order valence-electron chi connectivity index (χ0n) is 24.5. The maximum absolute atomic E-state index is 13.5. The first-order chi connectivity index (χ1) is 20.1. The van der Waals surface area contributed by atoms with Crippen molar-refractivity contribution in [1.29, 1.82) is 0 Å². The third-order valence-corrected chi connectivity index (χ3v) is 8.16. The minimum Gasteiger partial charge on any atom is -0.496 e. The highest BCUT2D eigenvalue weighted by Crippen LogP contribution is 2.31. The van der Waals surface area contributed by atoms with Crippen molar-refractivity contribution < 1.29 is 23.9 Å². The summed E-state index contributed by atoms with van der Waals surface area (Å²) >= 11 is 6.25. The number of hydrogen-bond acceptors (Lipinski definition) is 5. The number of nitrogens with one attached hydrogen (secondary N) is 1. The Morgan fingerprint density at radius 1 is 1.14 bits per heavy atom. The number of carbonyl (C=O) groups excluding carboxylic acids is 4. The number of anilines is 1. The molecular formula is C31H38ClN5O5. The van der Waals surface area contributed by atoms with Gasteiger partial charge in [-0.15, -0.1) is 0 Å². The summed E-state index contributed by atoms with van der Waals surface area (Å²) in [7, 11) is 3.15. The molecule has 1 N–H and O–H groups in total. The SMILES string of the molecule is COc1ccc(Cl)cc1/C(=C/N(C=O)CC(=O)N1CCC(N2CCc3ccccc3NC2=O)CC1)C(=O)N(C)C(C)C. The lowest BCUT2D eigenvalue weighted by Gasteiger charge is -2.38. The average Bonchev–Trinajstić information content (AvgIpc) is 3.16. The number of rotatable bonds is 9. The second-order valence-corrected chi connectivity index (χ2v) is 11.3. The van der Waals surface area contributed by atoms with Gasteiger partial charge in [-0.3, -0.25) is 14.4 Å². The van der Waals surface area contributed by atoms with Crippen LogP contribution in [-0.2, 0) is 20.8 Å². The van der Waals surface area contributed by atoms with Crippen molar-refractivity contribution in [2.24, 2.45) is 0 Å². The third-order valence-electron chi connectivity index (χ3n) is 7.93. The molecule has 2 aliphatic rings. The molecule has 0 aromatic heterocycles. The van der Waals surface area contributed by atoms with Crippen LogP contribution in [0.3, 0.4) is 0 Å². The number of halogens is 1. The third kappa shape index (κ3) is 7.05. The second-order valence-electron chi connectivity index (χ2n) is 10.8. The number of urea groups is 1. The number of ether oxygens (including phenoxy) is 1. The lowest BCUT2D eigenvalue weighted by molar-refractivity contribution is -0.135. The van der Waals surface area contributed by atoms with E-state index in [9.17, 15) is 19.2 Å². The predicted molar refractivity (Wildman–Crippen MR) is 162 cm³/mol. The largest absolute Gasteiger partial charge is 0.496 e. The molecule has 2 heterocycles. The Morgan fingerprint density at radius 2 is 1.86 bits per heavy atom. The quantitative estimate of drug-likeness (QED) is 0.347. The summed E-state index contributed by atoms with van der Waals surface area (Å²) in [5.41, 5.74) is 2.54. The Morgan fingerprint density at radius 3 is 2.52 bits per heavy atom. The van der Waals surface area contributed by atoms with E-state index in [1.807, 2.05) is 43.0 Å². The average molecular weight is 596 g/mol. The number of likely N-dealkylation sites (tertiary alicyclic amines) is 1. The fourth-order valence-electron chi connectivity index (χ4n) is 5.26. The van der Waals surface area contributed by atoms with Crippen LogP contribution in [-0.4, -0.2) is 96.3 Å². The number of methoxy groups -OCH3 is 1. The molecule has 0 aliphatic carbocycles. The van der Waals surface area contributed by atoms with E-state index in [-0.39, 0.29) is 42.0 Å². The topological polar surface area (TPSA) is 102 Å². The number of fused-ring (bicyclic) bond motifs is 1. The van der Waals surface area contributed by atoms with Gasteiger partial charge in [-0.1, -0.05) is 29.8 Å². The fraction of sp³-hybridized carbons (Fsp3) is 0.419. The summed E-state index contributed by atoms with van der Waals surface area (Å²) < 4.78 is 5.47. The first-order valence-electron chi connectivity index (χ1n) is 14.1. The van der Waals surface area contributed by atoms with Gasteiger partial charge in [-0.05, 0) is 62.9 Å². The first-order valence-corrected chi connectivity index (χ1v) is 14.5. The van der Waals surface area contributed by atoms with Crippen molar-refractivity contribution >= 4 is 47.1 Å². The van der Waals surface area contributed by atoms with E-state index >= 15 is 0 Å². The molecule has 0 spiro atoms. The normalized spacial score (nSPS) is 16.0. The molecule has 42 heavy (non-hydrogen) atoms. The van der Waals surface area contributed by atoms with E-state index in [2.05, 4.69) is 5.32 Å². The van der Waals surface area contributed by atoms with Crippen LogP contribution in [0.5, 0.6) is 5.75 Å². The number of benzene rings is 2. The molecule has 2 aromatic rings. The van der Waals surface area contributed by atoms with Gasteiger partial charge < -0.3 is 29.7 Å². The smallest absolute Gasteiger partial charge is 0.322 e. The molecule has 0 radical (unpaired) electrons. The highest BCUT2D eigenvalue weighted by molar-refractivity contribution is 6.31. The molecule has 1 fully saturated rings. The fourth-order valence-corrected chi connectivity index (χ4v) is 5.43. The van der Waals surface area contributed by atoms with Crippen LogP contribution in [0.2, 0.25) is 5.02 Å². The van der Waals surface area contributed by atoms with Crippen molar-refractivity contribution in [3.8, 4) is 5.75 Å². The molecule has 10 nitrogen and oxygen atoms in total. The minimum absolute atomic E-state index is 0.0107. The van der Waals surface area contributed by atoms with Gasteiger partial charge in [0.1, 0.15) is 12.3 Å². The van der Waals surface area contributed by atoms with Crippen LogP contribution in [0.4, 0.5) is 10.5 Å². The van der Waals surface area contributed by atoms with Crippen molar-refractivity contribution in [2.75, 3.05) is 45.7 Å². The highest BCUT2D eigenvalue weighted by Gasteiger charge is 2.32. The van der Waals surface area contributed by atoms with Gasteiger partial charge in [0.15, 0.2) is 0 Å². The van der Waals surface area contributed by atoms with Crippen LogP contribution in [0.1, 0.15) is 37.8 Å². The minimum atomic E-state index is -0.344. The van der Waals surface area contributed by atoms with Crippen molar-refractivity contribution in [2.45, 2.75) is 45.2 Å². The number of amides is 5. The Hall–Kier alpha value is -4.05. The molecule has 224 valence electrons. The summed E-state index contributed by atoms with van der Waals surface area (Å²) in [4.78, 5) is 58.1. The van der Waals surface area contributed by atoms with Crippen LogP contribution < -0.4 is 10.1 Å². The summed E-state index contributed by atoms with van der Waals surface area (Å²) in [6.45, 7) is 5.05. The Labute approximate surface area is 251 Å². The summed E-state index contributed by atoms with van der Waals surface area (Å²) in [5, 5.41) is 3.41. The van der Waals surface area contributed by atoms with Gasteiger partial charge in [0.05, 0.1) is 12.7 Å². The van der Waals surface area contributed by atoms with Gasteiger partial charge >= 0.3 is 6.03 Å². The highest BCUT2D eigenvalue weighted by atomic mass is 35.5. The van der Waals surface area contributed by atoms with E-state index < -0.39 is 0 Å². The van der Waals surface area contributed by atoms with Gasteiger partial charge in [-0.2, -0.15) is 0 Å². The van der Waals surface area contributed by atoms with Crippen LogP contribution >= 0.6 is 11.6 Å². The van der Waals surface area contributed by atoms with Crippen LogP contribution in [0.25, 0.3) is 5.57 Å². The predicted octanol–water partition coefficient (Wildman–Crippen LogP) is 4.10. The first kappa shape index (κ1) is 30.9. The van der Waals surface area contributed by atoms with E-state index in [4.69, 9.17) is 16.3 Å². The van der Waals surface area contributed by atoms with E-state index in [0.717, 1.165) is 17.7 Å². The molecule has 0 unspecified atom stereocenters. The zero-order chi connectivity index (χ0) is 30.4. The molecule has 2 aromatic carbocycles. The zero-order valence-corrected chi connectivity index (χ0v) is 25.3. The second kappa shape index (κ2) is 13.7. The number of nitrogens with zero attached hydrogens (tertiary/aromatic N) is 4. The molecule has 1 saturated heterocycles. The van der Waals surface area contributed by atoms with Crippen LogP contribution in [0, 0.1) is 0 Å². The van der Waals surface area contributed by atoms with Gasteiger partial charge in [0.2, 0.25) is 12.3 Å². The summed E-state index contributed by atoms with van der Waals surface area (Å²) in [6, 6.07) is 12.5. The van der Waals surface area contributed by atoms with E-state index in [1.165, 1.54) is 18.2 Å². The lowest BCUT2D eigenvalue weighted by atomic mass is 10.0. The Bertz CT molecular complexity index is 1350. The summed E-state index contributed by atoms with van der Waals surface area (Å²) in [5.74, 6) is -0.175. The number of piperidine rings is 1. The lowest BCUT2D eigenvalue weighted by Crippen LogP contribution is -2.51. The van der Waals surface area contributed by atoms with E-state index in [1.54, 1.807) is 35.0 Å². The molecule has 0 bridgehead atoms.